The number of halogens is 3. The van der Waals surface area contributed by atoms with Crippen molar-refractivity contribution >= 4 is 34.8 Å². The molecule has 0 atom stereocenters. The third-order valence-corrected chi connectivity index (χ3v) is 3.42. The van der Waals surface area contributed by atoms with Gasteiger partial charge in [0.15, 0.2) is 0 Å². The van der Waals surface area contributed by atoms with Crippen molar-refractivity contribution in [2.75, 3.05) is 0 Å². The van der Waals surface area contributed by atoms with E-state index in [0.717, 1.165) is 11.1 Å². The van der Waals surface area contributed by atoms with E-state index in [1.807, 2.05) is 0 Å². The molecule has 0 aliphatic rings. The first kappa shape index (κ1) is 12.7. The van der Waals surface area contributed by atoms with Crippen LogP contribution in [0.25, 0.3) is 11.1 Å². The fourth-order valence-electron chi connectivity index (χ4n) is 1.53. The van der Waals surface area contributed by atoms with E-state index in [1.54, 1.807) is 30.6 Å². The van der Waals surface area contributed by atoms with Gasteiger partial charge in [-0.15, -0.1) is 0 Å². The van der Waals surface area contributed by atoms with Crippen LogP contribution < -0.4 is 0 Å². The van der Waals surface area contributed by atoms with Gasteiger partial charge in [-0.2, -0.15) is 0 Å². The normalized spacial score (nSPS) is 10.6. The van der Waals surface area contributed by atoms with Gasteiger partial charge in [-0.05, 0) is 23.8 Å². The van der Waals surface area contributed by atoms with Crippen molar-refractivity contribution in [2.45, 2.75) is 6.61 Å². The molecule has 0 bridgehead atoms. The molecule has 5 heteroatoms. The highest BCUT2D eigenvalue weighted by Crippen LogP contribution is 2.36. The van der Waals surface area contributed by atoms with E-state index < -0.39 is 0 Å². The largest absolute Gasteiger partial charge is 0.392 e. The zero-order valence-corrected chi connectivity index (χ0v) is 10.9. The van der Waals surface area contributed by atoms with Crippen molar-refractivity contribution in [2.24, 2.45) is 0 Å². The minimum absolute atomic E-state index is 0.0889. The van der Waals surface area contributed by atoms with Gasteiger partial charge < -0.3 is 5.11 Å². The van der Waals surface area contributed by atoms with Crippen molar-refractivity contribution in [3.05, 3.63) is 51.2 Å². The summed E-state index contributed by atoms with van der Waals surface area (Å²) in [5.41, 5.74) is 2.19. The maximum absolute atomic E-state index is 9.26. The van der Waals surface area contributed by atoms with Crippen LogP contribution in [0, 0.1) is 0 Å². The predicted octanol–water partition coefficient (Wildman–Crippen LogP) is 4.20. The standard InChI is InChI=1S/C12H8Cl3NO/c13-10-4-12(15)11(14)3-8(10)9-5-16-2-1-7(9)6-17/h1-5,17H,6H2. The third kappa shape index (κ3) is 2.55. The molecular weight excluding hydrogens is 280 g/mol. The van der Waals surface area contributed by atoms with E-state index in [1.165, 1.54) is 0 Å². The van der Waals surface area contributed by atoms with E-state index in [2.05, 4.69) is 4.98 Å². The number of pyridine rings is 1. The summed E-state index contributed by atoms with van der Waals surface area (Å²) in [5, 5.41) is 10.6. The predicted molar refractivity (Wildman–Crippen MR) is 70.6 cm³/mol. The Balaban J connectivity index is 2.64. The lowest BCUT2D eigenvalue weighted by atomic mass is 10.0. The molecular formula is C12H8Cl3NO. The SMILES string of the molecule is OCc1ccncc1-c1cc(Cl)c(Cl)cc1Cl. The van der Waals surface area contributed by atoms with E-state index >= 15 is 0 Å². The van der Waals surface area contributed by atoms with Crippen LogP contribution in [0.5, 0.6) is 0 Å². The Morgan fingerprint density at radius 1 is 1.00 bits per heavy atom. The van der Waals surface area contributed by atoms with Gasteiger partial charge in [0.25, 0.3) is 0 Å². The second-order valence-electron chi connectivity index (χ2n) is 3.44. The summed E-state index contributed by atoms with van der Waals surface area (Å²) < 4.78 is 0. The molecule has 2 rings (SSSR count). The molecule has 0 saturated carbocycles. The average molecular weight is 289 g/mol. The Bertz CT molecular complexity index is 557. The summed E-state index contributed by atoms with van der Waals surface area (Å²) in [4.78, 5) is 4.02. The number of hydrogen-bond acceptors (Lipinski definition) is 2. The van der Waals surface area contributed by atoms with E-state index in [-0.39, 0.29) is 6.61 Å². The summed E-state index contributed by atoms with van der Waals surface area (Å²) in [6.45, 7) is -0.0889. The number of aliphatic hydroxyl groups is 1. The minimum Gasteiger partial charge on any atom is -0.392 e. The van der Waals surface area contributed by atoms with Crippen LogP contribution in [-0.4, -0.2) is 10.1 Å². The average Bonchev–Trinajstić information content (AvgIpc) is 2.34. The van der Waals surface area contributed by atoms with Crippen molar-refractivity contribution in [3.8, 4) is 11.1 Å². The van der Waals surface area contributed by atoms with E-state index in [0.29, 0.717) is 20.6 Å². The fourth-order valence-corrected chi connectivity index (χ4v) is 2.18. The maximum atomic E-state index is 9.26. The first-order valence-electron chi connectivity index (χ1n) is 4.82. The van der Waals surface area contributed by atoms with Crippen LogP contribution in [0.1, 0.15) is 5.56 Å². The van der Waals surface area contributed by atoms with Crippen molar-refractivity contribution < 1.29 is 5.11 Å². The zero-order chi connectivity index (χ0) is 12.4. The monoisotopic (exact) mass is 287 g/mol. The van der Waals surface area contributed by atoms with Gasteiger partial charge in [-0.3, -0.25) is 4.98 Å². The molecule has 17 heavy (non-hydrogen) atoms. The van der Waals surface area contributed by atoms with Crippen LogP contribution in [0.15, 0.2) is 30.6 Å². The molecule has 0 amide bonds. The summed E-state index contributed by atoms with van der Waals surface area (Å²) >= 11 is 17.9. The number of aliphatic hydroxyl groups excluding tert-OH is 1. The van der Waals surface area contributed by atoms with Gasteiger partial charge in [0, 0.05) is 23.5 Å². The fraction of sp³-hybridized carbons (Fsp3) is 0.0833. The summed E-state index contributed by atoms with van der Waals surface area (Å²) in [6.07, 6.45) is 3.25. The molecule has 1 aromatic carbocycles. The molecule has 1 heterocycles. The molecule has 0 saturated heterocycles. The molecule has 0 aliphatic carbocycles. The van der Waals surface area contributed by atoms with E-state index in [9.17, 15) is 5.11 Å². The Kier molecular flexibility index (Phi) is 3.89. The van der Waals surface area contributed by atoms with Gasteiger partial charge in [0.2, 0.25) is 0 Å². The first-order valence-corrected chi connectivity index (χ1v) is 5.95. The lowest BCUT2D eigenvalue weighted by Crippen LogP contribution is -1.91. The summed E-state index contributed by atoms with van der Waals surface area (Å²) in [5.74, 6) is 0. The van der Waals surface area contributed by atoms with E-state index in [4.69, 9.17) is 34.8 Å². The zero-order valence-electron chi connectivity index (χ0n) is 8.62. The van der Waals surface area contributed by atoms with Crippen LogP contribution in [0.3, 0.4) is 0 Å². The molecule has 0 aliphatic heterocycles. The van der Waals surface area contributed by atoms with Gasteiger partial charge in [0.1, 0.15) is 0 Å². The molecule has 1 N–H and O–H groups in total. The lowest BCUT2D eigenvalue weighted by Gasteiger charge is -2.10. The van der Waals surface area contributed by atoms with Gasteiger partial charge in [0.05, 0.1) is 21.7 Å². The quantitative estimate of drug-likeness (QED) is 0.840. The minimum atomic E-state index is -0.0889. The Hall–Kier alpha value is -0.800. The maximum Gasteiger partial charge on any atom is 0.0689 e. The number of hydrogen-bond donors (Lipinski definition) is 1. The van der Waals surface area contributed by atoms with Crippen LogP contribution in [-0.2, 0) is 6.61 Å². The smallest absolute Gasteiger partial charge is 0.0689 e. The van der Waals surface area contributed by atoms with Crippen molar-refractivity contribution in [1.82, 2.24) is 4.98 Å². The highest BCUT2D eigenvalue weighted by molar-refractivity contribution is 6.44. The number of aromatic nitrogens is 1. The molecule has 88 valence electrons. The van der Waals surface area contributed by atoms with Crippen LogP contribution in [0.2, 0.25) is 15.1 Å². The number of nitrogens with zero attached hydrogens (tertiary/aromatic N) is 1. The Morgan fingerprint density at radius 3 is 2.41 bits per heavy atom. The molecule has 2 nitrogen and oxygen atoms in total. The van der Waals surface area contributed by atoms with Crippen molar-refractivity contribution in [1.29, 1.82) is 0 Å². The molecule has 2 aromatic rings. The summed E-state index contributed by atoms with van der Waals surface area (Å²) in [6, 6.07) is 4.98. The molecule has 0 fully saturated rings. The second kappa shape index (κ2) is 5.23. The second-order valence-corrected chi connectivity index (χ2v) is 4.66. The molecule has 1 aromatic heterocycles. The Morgan fingerprint density at radius 2 is 1.71 bits per heavy atom. The van der Waals surface area contributed by atoms with Gasteiger partial charge >= 0.3 is 0 Å². The lowest BCUT2D eigenvalue weighted by molar-refractivity contribution is 0.282. The van der Waals surface area contributed by atoms with Crippen LogP contribution >= 0.6 is 34.8 Å². The highest BCUT2D eigenvalue weighted by atomic mass is 35.5. The molecule has 0 radical (unpaired) electrons. The number of rotatable bonds is 2. The Labute approximate surface area is 114 Å². The number of benzene rings is 1. The summed E-state index contributed by atoms with van der Waals surface area (Å²) in [7, 11) is 0. The molecule has 0 spiro atoms. The third-order valence-electron chi connectivity index (χ3n) is 2.38. The topological polar surface area (TPSA) is 33.1 Å². The van der Waals surface area contributed by atoms with Gasteiger partial charge in [-0.25, -0.2) is 0 Å². The van der Waals surface area contributed by atoms with Crippen molar-refractivity contribution in [3.63, 3.8) is 0 Å². The van der Waals surface area contributed by atoms with Gasteiger partial charge in [-0.1, -0.05) is 34.8 Å². The first-order chi connectivity index (χ1) is 8.13. The highest BCUT2D eigenvalue weighted by Gasteiger charge is 2.11. The molecule has 0 unspecified atom stereocenters. The van der Waals surface area contributed by atoms with Crippen LogP contribution in [0.4, 0.5) is 0 Å².